The van der Waals surface area contributed by atoms with Gasteiger partial charge in [-0.25, -0.2) is 4.39 Å². The van der Waals surface area contributed by atoms with Crippen molar-refractivity contribution >= 4 is 6.29 Å². The normalized spacial score (nSPS) is 15.3. The molecule has 0 atom stereocenters. The number of ether oxygens (including phenoxy) is 1. The molecular formula is C12H13FO2. The smallest absolute Gasteiger partial charge is 0.150 e. The summed E-state index contributed by atoms with van der Waals surface area (Å²) in [6, 6.07) is 4.45. The molecule has 1 aliphatic carbocycles. The Labute approximate surface area is 88.1 Å². The number of hydrogen-bond donors (Lipinski definition) is 0. The second-order valence-electron chi connectivity index (χ2n) is 3.93. The number of carbonyl (C=O) groups excluding carboxylic acids is 1. The number of aldehydes is 1. The van der Waals surface area contributed by atoms with Gasteiger partial charge in [0.15, 0.2) is 0 Å². The predicted octanol–water partition coefficient (Wildman–Crippen LogP) is 2.56. The molecule has 0 aromatic heterocycles. The first-order valence-electron chi connectivity index (χ1n) is 5.11. The van der Waals surface area contributed by atoms with Crippen molar-refractivity contribution in [2.45, 2.75) is 19.4 Å². The van der Waals surface area contributed by atoms with Gasteiger partial charge < -0.3 is 4.74 Å². The monoisotopic (exact) mass is 208 g/mol. The van der Waals surface area contributed by atoms with Crippen LogP contribution in [0.15, 0.2) is 18.2 Å². The first-order chi connectivity index (χ1) is 7.29. The minimum atomic E-state index is -0.365. The Morgan fingerprint density at radius 1 is 1.47 bits per heavy atom. The van der Waals surface area contributed by atoms with Gasteiger partial charge in [-0.1, -0.05) is 12.1 Å². The third-order valence-electron chi connectivity index (χ3n) is 2.52. The van der Waals surface area contributed by atoms with E-state index < -0.39 is 0 Å². The van der Waals surface area contributed by atoms with Gasteiger partial charge in [0.25, 0.3) is 0 Å². The molecule has 0 unspecified atom stereocenters. The van der Waals surface area contributed by atoms with Crippen LogP contribution >= 0.6 is 0 Å². The van der Waals surface area contributed by atoms with Crippen LogP contribution in [0.5, 0.6) is 0 Å². The Hall–Kier alpha value is -1.22. The van der Waals surface area contributed by atoms with Crippen LogP contribution in [0.25, 0.3) is 0 Å². The van der Waals surface area contributed by atoms with E-state index in [2.05, 4.69) is 0 Å². The Morgan fingerprint density at radius 3 is 2.87 bits per heavy atom. The standard InChI is InChI=1S/C12H13FO2/c13-12-5-10(6-14)3-4-11(12)8-15-7-9-1-2-9/h3-6,9H,1-2,7-8H2. The molecule has 0 spiro atoms. The van der Waals surface area contributed by atoms with Crippen molar-refractivity contribution < 1.29 is 13.9 Å². The zero-order chi connectivity index (χ0) is 10.7. The highest BCUT2D eigenvalue weighted by Crippen LogP contribution is 2.29. The Morgan fingerprint density at radius 2 is 2.27 bits per heavy atom. The van der Waals surface area contributed by atoms with Gasteiger partial charge in [-0.05, 0) is 24.8 Å². The average Bonchev–Trinajstić information content (AvgIpc) is 3.04. The van der Waals surface area contributed by atoms with Crippen molar-refractivity contribution in [1.82, 2.24) is 0 Å². The molecule has 1 aliphatic rings. The SMILES string of the molecule is O=Cc1ccc(COCC2CC2)c(F)c1. The van der Waals surface area contributed by atoms with Crippen molar-refractivity contribution in [3.63, 3.8) is 0 Å². The lowest BCUT2D eigenvalue weighted by molar-refractivity contribution is 0.108. The number of benzene rings is 1. The Kier molecular flexibility index (Phi) is 3.11. The largest absolute Gasteiger partial charge is 0.376 e. The molecule has 1 fully saturated rings. The summed E-state index contributed by atoms with van der Waals surface area (Å²) in [6.07, 6.45) is 3.09. The third kappa shape index (κ3) is 2.86. The van der Waals surface area contributed by atoms with Crippen LogP contribution in [0, 0.1) is 11.7 Å². The van der Waals surface area contributed by atoms with Crippen LogP contribution < -0.4 is 0 Å². The lowest BCUT2D eigenvalue weighted by Crippen LogP contribution is -1.99. The molecule has 0 saturated heterocycles. The maximum Gasteiger partial charge on any atom is 0.150 e. The predicted molar refractivity (Wildman–Crippen MR) is 54.2 cm³/mol. The molecule has 0 bridgehead atoms. The van der Waals surface area contributed by atoms with Crippen LogP contribution in [-0.4, -0.2) is 12.9 Å². The van der Waals surface area contributed by atoms with E-state index in [0.717, 1.165) is 6.61 Å². The number of hydrogen-bond acceptors (Lipinski definition) is 2. The summed E-state index contributed by atoms with van der Waals surface area (Å²) in [5, 5.41) is 0. The molecule has 0 heterocycles. The van der Waals surface area contributed by atoms with E-state index in [1.165, 1.54) is 18.9 Å². The number of carbonyl (C=O) groups is 1. The zero-order valence-electron chi connectivity index (χ0n) is 8.41. The zero-order valence-corrected chi connectivity index (χ0v) is 8.41. The van der Waals surface area contributed by atoms with Gasteiger partial charge in [0.1, 0.15) is 12.1 Å². The summed E-state index contributed by atoms with van der Waals surface area (Å²) >= 11 is 0. The number of rotatable bonds is 5. The summed E-state index contributed by atoms with van der Waals surface area (Å²) in [6.45, 7) is 1.01. The molecule has 3 heteroatoms. The fourth-order valence-corrected chi connectivity index (χ4v) is 1.37. The maximum absolute atomic E-state index is 13.3. The van der Waals surface area contributed by atoms with Crippen molar-refractivity contribution in [3.05, 3.63) is 35.1 Å². The van der Waals surface area contributed by atoms with Crippen LogP contribution in [-0.2, 0) is 11.3 Å². The number of halogens is 1. The first kappa shape index (κ1) is 10.3. The van der Waals surface area contributed by atoms with Crippen molar-refractivity contribution in [2.75, 3.05) is 6.61 Å². The summed E-state index contributed by atoms with van der Waals surface area (Å²) in [4.78, 5) is 10.4. The molecule has 1 saturated carbocycles. The Bertz CT molecular complexity index is 359. The van der Waals surface area contributed by atoms with E-state index in [1.54, 1.807) is 12.1 Å². The molecule has 0 N–H and O–H groups in total. The average molecular weight is 208 g/mol. The van der Waals surface area contributed by atoms with Gasteiger partial charge in [0.2, 0.25) is 0 Å². The highest BCUT2D eigenvalue weighted by Gasteiger charge is 2.21. The van der Waals surface area contributed by atoms with Gasteiger partial charge in [-0.2, -0.15) is 0 Å². The molecule has 0 amide bonds. The Balaban J connectivity index is 1.91. The van der Waals surface area contributed by atoms with E-state index in [-0.39, 0.29) is 5.82 Å². The maximum atomic E-state index is 13.3. The van der Waals surface area contributed by atoms with Crippen LogP contribution in [0.2, 0.25) is 0 Å². The van der Waals surface area contributed by atoms with Gasteiger partial charge in [0.05, 0.1) is 6.61 Å². The minimum Gasteiger partial charge on any atom is -0.376 e. The quantitative estimate of drug-likeness (QED) is 0.695. The fourth-order valence-electron chi connectivity index (χ4n) is 1.37. The summed E-state index contributed by atoms with van der Waals surface area (Å²) in [7, 11) is 0. The molecule has 80 valence electrons. The van der Waals surface area contributed by atoms with E-state index in [0.29, 0.717) is 29.9 Å². The molecule has 2 rings (SSSR count). The molecular weight excluding hydrogens is 195 g/mol. The molecule has 1 aromatic rings. The highest BCUT2D eigenvalue weighted by molar-refractivity contribution is 5.74. The lowest BCUT2D eigenvalue weighted by atomic mass is 10.1. The lowest BCUT2D eigenvalue weighted by Gasteiger charge is -2.04. The minimum absolute atomic E-state index is 0.293. The summed E-state index contributed by atoms with van der Waals surface area (Å²) in [5.74, 6) is 0.317. The van der Waals surface area contributed by atoms with Crippen molar-refractivity contribution in [2.24, 2.45) is 5.92 Å². The van der Waals surface area contributed by atoms with Crippen molar-refractivity contribution in [1.29, 1.82) is 0 Å². The second-order valence-corrected chi connectivity index (χ2v) is 3.93. The molecule has 0 aliphatic heterocycles. The van der Waals surface area contributed by atoms with Gasteiger partial charge in [-0.3, -0.25) is 4.79 Å². The van der Waals surface area contributed by atoms with Gasteiger partial charge >= 0.3 is 0 Å². The summed E-state index contributed by atoms with van der Waals surface area (Å²) < 4.78 is 18.7. The highest BCUT2D eigenvalue weighted by atomic mass is 19.1. The van der Waals surface area contributed by atoms with Crippen molar-refractivity contribution in [3.8, 4) is 0 Å². The van der Waals surface area contributed by atoms with Crippen LogP contribution in [0.4, 0.5) is 4.39 Å². The topological polar surface area (TPSA) is 26.3 Å². The van der Waals surface area contributed by atoms with Gasteiger partial charge in [-0.15, -0.1) is 0 Å². The first-order valence-corrected chi connectivity index (χ1v) is 5.11. The summed E-state index contributed by atoms with van der Waals surface area (Å²) in [5.41, 5.74) is 0.875. The van der Waals surface area contributed by atoms with Gasteiger partial charge in [0, 0.05) is 17.7 Å². The third-order valence-corrected chi connectivity index (χ3v) is 2.52. The second kappa shape index (κ2) is 4.53. The van der Waals surface area contributed by atoms with E-state index >= 15 is 0 Å². The molecule has 0 radical (unpaired) electrons. The van der Waals surface area contributed by atoms with E-state index in [1.807, 2.05) is 0 Å². The molecule has 15 heavy (non-hydrogen) atoms. The van der Waals surface area contributed by atoms with Crippen LogP contribution in [0.3, 0.4) is 0 Å². The fraction of sp³-hybridized carbons (Fsp3) is 0.417. The van der Waals surface area contributed by atoms with Crippen LogP contribution in [0.1, 0.15) is 28.8 Å². The molecule has 2 nitrogen and oxygen atoms in total. The van der Waals surface area contributed by atoms with E-state index in [9.17, 15) is 9.18 Å². The molecule has 1 aromatic carbocycles. The van der Waals surface area contributed by atoms with E-state index in [4.69, 9.17) is 4.74 Å².